The normalized spacial score (nSPS) is 36.4. The lowest BCUT2D eigenvalue weighted by molar-refractivity contribution is -0.198. The first-order valence-corrected chi connectivity index (χ1v) is 22.6. The van der Waals surface area contributed by atoms with Gasteiger partial charge in [-0.3, -0.25) is 13.6 Å². The number of unbranched alkanes of at least 4 members (excludes halogenated alkanes) is 1. The molecule has 0 aromatic heterocycles. The van der Waals surface area contributed by atoms with Gasteiger partial charge in [0.05, 0.1) is 12.2 Å². The Balaban J connectivity index is 0.000000908. The number of aliphatic hydroxyl groups excluding tert-OH is 1. The molecule has 51 heavy (non-hydrogen) atoms. The molecule has 12 atom stereocenters. The second-order valence-corrected chi connectivity index (χ2v) is 20.0. The van der Waals surface area contributed by atoms with Gasteiger partial charge in [0.15, 0.2) is 0 Å². The largest absolute Gasteiger partial charge is 0.471 e. The van der Waals surface area contributed by atoms with E-state index in [-0.39, 0.29) is 22.9 Å². The molecule has 0 aliphatic heterocycles. The van der Waals surface area contributed by atoms with Crippen molar-refractivity contribution in [2.24, 2.45) is 63.9 Å². The van der Waals surface area contributed by atoms with Crippen LogP contribution in [-0.4, -0.2) is 81.6 Å². The molecule has 0 heterocycles. The minimum atomic E-state index is -4.46. The molecule has 0 radical (unpaired) electrons. The van der Waals surface area contributed by atoms with Crippen LogP contribution in [0.1, 0.15) is 119 Å². The summed E-state index contributed by atoms with van der Waals surface area (Å²) in [6.45, 7) is 17.7. The number of nitrogens with two attached hydrogens (primary N) is 1. The molecule has 4 aliphatic carbocycles. The van der Waals surface area contributed by atoms with Crippen molar-refractivity contribution < 1.29 is 40.8 Å². The third-order valence-electron chi connectivity index (χ3n) is 13.9. The van der Waals surface area contributed by atoms with Crippen LogP contribution < -0.4 is 16.4 Å². The van der Waals surface area contributed by atoms with E-state index in [1.165, 1.54) is 38.5 Å². The second-order valence-electron chi connectivity index (χ2n) is 17.3. The average molecular weight is 768 g/mol. The van der Waals surface area contributed by atoms with Gasteiger partial charge >= 0.3 is 18.2 Å². The fraction of sp³-hybridized carbons (Fsp3) is 1.00. The highest BCUT2D eigenvalue weighted by Crippen LogP contribution is 2.69. The lowest BCUT2D eigenvalue weighted by Gasteiger charge is -2.66. The Bertz CT molecular complexity index is 1210. The van der Waals surface area contributed by atoms with Crippen molar-refractivity contribution in [3.63, 3.8) is 0 Å². The van der Waals surface area contributed by atoms with Gasteiger partial charge < -0.3 is 26.4 Å². The van der Waals surface area contributed by atoms with E-state index in [0.29, 0.717) is 53.9 Å². The van der Waals surface area contributed by atoms with Crippen LogP contribution in [-0.2, 0) is 28.2 Å². The Morgan fingerprint density at radius 3 is 2.22 bits per heavy atom. The standard InChI is InChI=1S/C35H67N3O5S.C2H7O4P/c1-23(2)31(43-44(40,41)42)13-10-24(3)27-11-12-28-32(27)25(4)20-29-33(28)30(39)22-34(5)21-26(14-15-35(29,34)6)38-19-9-18-37-17-8-7-16-36;1-5-7(3,4)6-2/h23-33,37-39H,7-22,36H2,1-6H3,(H,40,41,42);1-2H3,(H,3,4)/t24-,25+,26-,27?,28?,29?,30+,31?,32?,33?,34+,35+;/m0./s1. The summed E-state index contributed by atoms with van der Waals surface area (Å²) in [5.74, 6) is 3.87. The van der Waals surface area contributed by atoms with Gasteiger partial charge in [0.1, 0.15) is 0 Å². The molecular weight excluding hydrogens is 693 g/mol. The number of phosphoric ester groups is 1. The summed E-state index contributed by atoms with van der Waals surface area (Å²) in [6.07, 6.45) is 12.4. The van der Waals surface area contributed by atoms with Crippen LogP contribution >= 0.6 is 7.82 Å². The fourth-order valence-corrected chi connectivity index (χ4v) is 11.9. The van der Waals surface area contributed by atoms with Crippen molar-refractivity contribution in [1.82, 2.24) is 10.6 Å². The molecule has 0 aromatic rings. The van der Waals surface area contributed by atoms with Crippen molar-refractivity contribution in [2.45, 2.75) is 137 Å². The first kappa shape index (κ1) is 45.2. The molecule has 302 valence electrons. The molecule has 0 aromatic carbocycles. The average Bonchev–Trinajstić information content (AvgIpc) is 3.51. The number of phosphoric acid groups is 1. The molecule has 0 saturated heterocycles. The molecule has 4 fully saturated rings. The van der Waals surface area contributed by atoms with Crippen LogP contribution in [0.4, 0.5) is 0 Å². The van der Waals surface area contributed by atoms with Crippen molar-refractivity contribution in [2.75, 3.05) is 40.4 Å². The van der Waals surface area contributed by atoms with E-state index in [1.807, 2.05) is 13.8 Å². The summed E-state index contributed by atoms with van der Waals surface area (Å²) in [5.41, 5.74) is 6.01. The summed E-state index contributed by atoms with van der Waals surface area (Å²) in [5, 5.41) is 19.4. The SMILES string of the molecule is CC(C)C(CC[C@H](C)C1CCC2C1[C@H](C)CC1C2[C@H](O)C[C@@]2(C)C[C@@H](NCCCNCCCCN)CC[C@]12C)OS(=O)(=O)O.COP(=O)(O)OC. The molecule has 12 nitrogen and oxygen atoms in total. The van der Waals surface area contributed by atoms with Gasteiger partial charge in [-0.25, -0.2) is 8.75 Å². The number of rotatable bonds is 18. The van der Waals surface area contributed by atoms with Gasteiger partial charge in [0.25, 0.3) is 0 Å². The molecule has 0 amide bonds. The van der Waals surface area contributed by atoms with Crippen molar-refractivity contribution in [3.8, 4) is 0 Å². The van der Waals surface area contributed by atoms with Crippen LogP contribution in [0.3, 0.4) is 0 Å². The maximum atomic E-state index is 11.9. The molecule has 4 saturated carbocycles. The number of aliphatic hydroxyl groups is 1. The van der Waals surface area contributed by atoms with Gasteiger partial charge in [-0.2, -0.15) is 8.42 Å². The molecular formula is C37H74N3O9PS. The maximum absolute atomic E-state index is 11.9. The van der Waals surface area contributed by atoms with E-state index >= 15 is 0 Å². The zero-order chi connectivity index (χ0) is 38.2. The number of hydrogen-bond donors (Lipinski definition) is 6. The Morgan fingerprint density at radius 2 is 1.63 bits per heavy atom. The van der Waals surface area contributed by atoms with Crippen molar-refractivity contribution in [1.29, 1.82) is 0 Å². The van der Waals surface area contributed by atoms with Crippen LogP contribution in [0, 0.1) is 58.2 Å². The number of fused-ring (bicyclic) bond motifs is 5. The zero-order valence-corrected chi connectivity index (χ0v) is 34.6. The Morgan fingerprint density at radius 1 is 0.961 bits per heavy atom. The van der Waals surface area contributed by atoms with E-state index in [4.69, 9.17) is 14.8 Å². The molecule has 0 bridgehead atoms. The smallest absolute Gasteiger partial charge is 0.393 e. The van der Waals surface area contributed by atoms with Crippen molar-refractivity contribution in [3.05, 3.63) is 0 Å². The fourth-order valence-electron chi connectivity index (χ4n) is 11.1. The van der Waals surface area contributed by atoms with Gasteiger partial charge in [0.2, 0.25) is 0 Å². The van der Waals surface area contributed by atoms with Crippen LogP contribution in [0.15, 0.2) is 0 Å². The topological polar surface area (TPSA) is 190 Å². The minimum absolute atomic E-state index is 0.0149. The van der Waals surface area contributed by atoms with Crippen LogP contribution in [0.2, 0.25) is 0 Å². The summed E-state index contributed by atoms with van der Waals surface area (Å²) >= 11 is 0. The van der Waals surface area contributed by atoms with E-state index in [0.717, 1.165) is 72.5 Å². The highest BCUT2D eigenvalue weighted by Gasteiger charge is 2.64. The monoisotopic (exact) mass is 767 g/mol. The molecule has 0 spiro atoms. The predicted molar refractivity (Wildman–Crippen MR) is 202 cm³/mol. The second kappa shape index (κ2) is 19.6. The lowest BCUT2D eigenvalue weighted by Crippen LogP contribution is -2.63. The van der Waals surface area contributed by atoms with E-state index in [1.54, 1.807) is 0 Å². The van der Waals surface area contributed by atoms with Gasteiger partial charge in [-0.05, 0) is 161 Å². The third kappa shape index (κ3) is 11.9. The lowest BCUT2D eigenvalue weighted by atomic mass is 9.40. The molecule has 4 aliphatic rings. The predicted octanol–water partition coefficient (Wildman–Crippen LogP) is 6.18. The van der Waals surface area contributed by atoms with E-state index in [9.17, 15) is 22.6 Å². The zero-order valence-electron chi connectivity index (χ0n) is 32.9. The van der Waals surface area contributed by atoms with Gasteiger partial charge in [-0.15, -0.1) is 0 Å². The first-order chi connectivity index (χ1) is 23.8. The summed E-state index contributed by atoms with van der Waals surface area (Å²) < 4.78 is 55.2. The van der Waals surface area contributed by atoms with Gasteiger partial charge in [0, 0.05) is 20.3 Å². The minimum Gasteiger partial charge on any atom is -0.393 e. The number of nitrogens with one attached hydrogen (secondary N) is 2. The molecule has 14 heteroatoms. The van der Waals surface area contributed by atoms with Crippen LogP contribution in [0.5, 0.6) is 0 Å². The summed E-state index contributed by atoms with van der Waals surface area (Å²) in [6, 6.07) is 0.541. The first-order valence-electron chi connectivity index (χ1n) is 19.7. The summed E-state index contributed by atoms with van der Waals surface area (Å²) in [4.78, 5) is 8.24. The van der Waals surface area contributed by atoms with Crippen LogP contribution in [0.25, 0.3) is 0 Å². The Labute approximate surface area is 310 Å². The van der Waals surface area contributed by atoms with Gasteiger partial charge in [-0.1, -0.05) is 41.5 Å². The quantitative estimate of drug-likeness (QED) is 0.0529. The highest BCUT2D eigenvalue weighted by atomic mass is 32.3. The molecule has 6 unspecified atom stereocenters. The summed E-state index contributed by atoms with van der Waals surface area (Å²) in [7, 11) is -5.91. The van der Waals surface area contributed by atoms with E-state index in [2.05, 4.69) is 47.4 Å². The third-order valence-corrected chi connectivity index (χ3v) is 15.3. The maximum Gasteiger partial charge on any atom is 0.471 e. The molecule has 7 N–H and O–H groups in total. The van der Waals surface area contributed by atoms with Crippen molar-refractivity contribution >= 4 is 18.2 Å². The Hall–Kier alpha value is -0.180. The van der Waals surface area contributed by atoms with E-state index < -0.39 is 24.3 Å². The highest BCUT2D eigenvalue weighted by molar-refractivity contribution is 7.80. The molecule has 4 rings (SSSR count). The Kier molecular flexibility index (Phi) is 17.4. The number of hydrogen-bond acceptors (Lipinski definition) is 10.